The lowest BCUT2D eigenvalue weighted by molar-refractivity contribution is 0.0948. The Hall–Kier alpha value is -2.82. The van der Waals surface area contributed by atoms with Crippen LogP contribution in [0.2, 0.25) is 0 Å². The molecule has 3 rings (SSSR count). The molecule has 0 radical (unpaired) electrons. The number of aryl methyl sites for hydroxylation is 1. The molecule has 0 saturated carbocycles. The summed E-state index contributed by atoms with van der Waals surface area (Å²) in [5.41, 5.74) is 5.07. The zero-order valence-corrected chi connectivity index (χ0v) is 15.5. The Morgan fingerprint density at radius 2 is 1.92 bits per heavy atom. The zero-order chi connectivity index (χ0) is 18.7. The van der Waals surface area contributed by atoms with Crippen LogP contribution in [0, 0.1) is 6.92 Å². The summed E-state index contributed by atoms with van der Waals surface area (Å²) in [6.07, 6.45) is 4.34. The smallest absolute Gasteiger partial charge is 0.268 e. The molecule has 0 saturated heterocycles. The fourth-order valence-electron chi connectivity index (χ4n) is 3.58. The highest BCUT2D eigenvalue weighted by molar-refractivity contribution is 6.02. The lowest BCUT2D eigenvalue weighted by atomic mass is 10.0. The van der Waals surface area contributed by atoms with Gasteiger partial charge in [0.05, 0.1) is 0 Å². The van der Waals surface area contributed by atoms with Gasteiger partial charge in [-0.2, -0.15) is 0 Å². The van der Waals surface area contributed by atoms with Crippen LogP contribution in [0.25, 0.3) is 10.9 Å². The Balaban J connectivity index is 1.72. The number of aromatic amines is 2. The predicted octanol–water partition coefficient (Wildman–Crippen LogP) is 3.93. The first-order valence-corrected chi connectivity index (χ1v) is 9.08. The van der Waals surface area contributed by atoms with Crippen molar-refractivity contribution in [3.8, 4) is 0 Å². The van der Waals surface area contributed by atoms with Crippen LogP contribution in [-0.2, 0) is 12.8 Å². The van der Waals surface area contributed by atoms with Gasteiger partial charge in [-0.25, -0.2) is 0 Å². The van der Waals surface area contributed by atoms with Crippen molar-refractivity contribution < 1.29 is 9.59 Å². The van der Waals surface area contributed by atoms with E-state index < -0.39 is 0 Å². The summed E-state index contributed by atoms with van der Waals surface area (Å²) >= 11 is 0. The van der Waals surface area contributed by atoms with Gasteiger partial charge in [0.2, 0.25) is 0 Å². The molecule has 2 heterocycles. The molecule has 0 aliphatic heterocycles. The Labute approximate surface area is 153 Å². The van der Waals surface area contributed by atoms with Crippen molar-refractivity contribution in [1.29, 1.82) is 0 Å². The number of amides is 1. The first kappa shape index (κ1) is 18.0. The third-order valence-corrected chi connectivity index (χ3v) is 4.72. The van der Waals surface area contributed by atoms with E-state index in [0.717, 1.165) is 29.6 Å². The zero-order valence-electron chi connectivity index (χ0n) is 15.5. The first-order valence-electron chi connectivity index (χ1n) is 9.08. The van der Waals surface area contributed by atoms with E-state index in [-0.39, 0.29) is 11.7 Å². The fraction of sp³-hybridized carbons (Fsp3) is 0.333. The minimum atomic E-state index is -0.149. The SMILES string of the molecule is CCCc1c(C(=O)NCCc2c[nH]c3ccccc23)[nH]c(C)c1C(C)=O. The molecule has 2 aromatic heterocycles. The second-order valence-electron chi connectivity index (χ2n) is 6.65. The molecule has 0 atom stereocenters. The van der Waals surface area contributed by atoms with Crippen molar-refractivity contribution in [2.24, 2.45) is 0 Å². The van der Waals surface area contributed by atoms with Crippen LogP contribution < -0.4 is 5.32 Å². The van der Waals surface area contributed by atoms with E-state index in [9.17, 15) is 9.59 Å². The van der Waals surface area contributed by atoms with Gasteiger partial charge in [-0.05, 0) is 43.9 Å². The summed E-state index contributed by atoms with van der Waals surface area (Å²) in [7, 11) is 0. The molecular weight excluding hydrogens is 326 g/mol. The van der Waals surface area contributed by atoms with E-state index in [1.807, 2.05) is 38.2 Å². The molecule has 5 nitrogen and oxygen atoms in total. The van der Waals surface area contributed by atoms with Gasteiger partial charge in [0, 0.05) is 34.9 Å². The number of carbonyl (C=O) groups excluding carboxylic acids is 2. The van der Waals surface area contributed by atoms with Gasteiger partial charge in [0.25, 0.3) is 5.91 Å². The second-order valence-corrected chi connectivity index (χ2v) is 6.65. The maximum atomic E-state index is 12.7. The molecule has 26 heavy (non-hydrogen) atoms. The van der Waals surface area contributed by atoms with Crippen LogP contribution in [0.3, 0.4) is 0 Å². The highest BCUT2D eigenvalue weighted by atomic mass is 16.2. The van der Waals surface area contributed by atoms with Crippen LogP contribution in [-0.4, -0.2) is 28.2 Å². The van der Waals surface area contributed by atoms with E-state index in [1.165, 1.54) is 10.9 Å². The summed E-state index contributed by atoms with van der Waals surface area (Å²) in [5, 5.41) is 4.17. The Kier molecular flexibility index (Phi) is 5.26. The van der Waals surface area contributed by atoms with Crippen molar-refractivity contribution in [3.05, 3.63) is 58.5 Å². The minimum Gasteiger partial charge on any atom is -0.361 e. The number of hydrogen-bond acceptors (Lipinski definition) is 2. The van der Waals surface area contributed by atoms with Crippen molar-refractivity contribution in [1.82, 2.24) is 15.3 Å². The molecule has 5 heteroatoms. The standard InChI is InChI=1S/C21H25N3O2/c1-4-7-17-19(14(3)25)13(2)24-20(17)21(26)22-11-10-15-12-23-18-9-6-5-8-16(15)18/h5-6,8-9,12,23-24H,4,7,10-11H2,1-3H3,(H,22,26). The van der Waals surface area contributed by atoms with Gasteiger partial charge in [-0.1, -0.05) is 31.5 Å². The van der Waals surface area contributed by atoms with Crippen LogP contribution in [0.15, 0.2) is 30.5 Å². The fourth-order valence-corrected chi connectivity index (χ4v) is 3.58. The van der Waals surface area contributed by atoms with Crippen molar-refractivity contribution in [2.75, 3.05) is 6.54 Å². The minimum absolute atomic E-state index is 0.0000394. The number of aromatic nitrogens is 2. The predicted molar refractivity (Wildman–Crippen MR) is 104 cm³/mol. The number of carbonyl (C=O) groups is 2. The number of ketones is 1. The third kappa shape index (κ3) is 3.43. The van der Waals surface area contributed by atoms with Gasteiger partial charge in [-0.15, -0.1) is 0 Å². The van der Waals surface area contributed by atoms with Crippen molar-refractivity contribution in [2.45, 2.75) is 40.0 Å². The highest BCUT2D eigenvalue weighted by Gasteiger charge is 2.21. The maximum Gasteiger partial charge on any atom is 0.268 e. The Morgan fingerprint density at radius 1 is 1.15 bits per heavy atom. The first-order chi connectivity index (χ1) is 12.5. The number of benzene rings is 1. The second kappa shape index (κ2) is 7.60. The van der Waals surface area contributed by atoms with E-state index in [4.69, 9.17) is 0 Å². The van der Waals surface area contributed by atoms with E-state index in [1.54, 1.807) is 6.92 Å². The summed E-state index contributed by atoms with van der Waals surface area (Å²) < 4.78 is 0. The van der Waals surface area contributed by atoms with E-state index in [0.29, 0.717) is 24.2 Å². The summed E-state index contributed by atoms with van der Waals surface area (Å²) in [6, 6.07) is 8.13. The van der Waals surface area contributed by atoms with Crippen molar-refractivity contribution >= 4 is 22.6 Å². The lowest BCUT2D eigenvalue weighted by Gasteiger charge is -2.07. The normalized spacial score (nSPS) is 11.0. The van der Waals surface area contributed by atoms with Gasteiger partial charge in [0.15, 0.2) is 5.78 Å². The maximum absolute atomic E-state index is 12.7. The molecule has 0 aliphatic carbocycles. The lowest BCUT2D eigenvalue weighted by Crippen LogP contribution is -2.27. The topological polar surface area (TPSA) is 77.8 Å². The third-order valence-electron chi connectivity index (χ3n) is 4.72. The number of fused-ring (bicyclic) bond motifs is 1. The largest absolute Gasteiger partial charge is 0.361 e. The molecule has 136 valence electrons. The highest BCUT2D eigenvalue weighted by Crippen LogP contribution is 2.22. The molecule has 0 bridgehead atoms. The number of nitrogens with one attached hydrogen (secondary N) is 3. The average Bonchev–Trinajstić information content (AvgIpc) is 3.16. The number of H-pyrrole nitrogens is 2. The van der Waals surface area contributed by atoms with Crippen molar-refractivity contribution in [3.63, 3.8) is 0 Å². The molecule has 0 aliphatic rings. The van der Waals surface area contributed by atoms with E-state index >= 15 is 0 Å². The van der Waals surface area contributed by atoms with Gasteiger partial charge < -0.3 is 15.3 Å². The number of para-hydroxylation sites is 1. The summed E-state index contributed by atoms with van der Waals surface area (Å²) in [4.78, 5) is 31.0. The van der Waals surface area contributed by atoms with E-state index in [2.05, 4.69) is 21.4 Å². The van der Waals surface area contributed by atoms with Crippen LogP contribution in [0.4, 0.5) is 0 Å². The molecule has 0 fully saturated rings. The molecule has 3 N–H and O–H groups in total. The van der Waals surface area contributed by atoms with Crippen LogP contribution in [0.1, 0.15) is 57.9 Å². The molecule has 1 aromatic carbocycles. The molecule has 0 unspecified atom stereocenters. The quantitative estimate of drug-likeness (QED) is 0.564. The molecule has 0 spiro atoms. The monoisotopic (exact) mass is 351 g/mol. The van der Waals surface area contributed by atoms with Crippen LogP contribution >= 0.6 is 0 Å². The Morgan fingerprint density at radius 3 is 2.65 bits per heavy atom. The van der Waals surface area contributed by atoms with Gasteiger partial charge in [-0.3, -0.25) is 9.59 Å². The van der Waals surface area contributed by atoms with Gasteiger partial charge >= 0.3 is 0 Å². The number of hydrogen-bond donors (Lipinski definition) is 3. The van der Waals surface area contributed by atoms with Gasteiger partial charge in [0.1, 0.15) is 5.69 Å². The number of Topliss-reactive ketones (excluding diaryl/α,β-unsaturated/α-hetero) is 1. The summed E-state index contributed by atoms with van der Waals surface area (Å²) in [6.45, 7) is 5.98. The average molecular weight is 351 g/mol. The molecule has 1 amide bonds. The Bertz CT molecular complexity index is 949. The van der Waals surface area contributed by atoms with Crippen LogP contribution in [0.5, 0.6) is 0 Å². The number of rotatable bonds is 7. The molecular formula is C21H25N3O2. The summed E-state index contributed by atoms with van der Waals surface area (Å²) in [5.74, 6) is -0.149. The molecule has 3 aromatic rings.